The first kappa shape index (κ1) is 56.0. The summed E-state index contributed by atoms with van der Waals surface area (Å²) in [4.78, 5) is 86.7. The molecule has 0 fully saturated rings. The number of methoxy groups -OCH3 is 1. The number of nitrogens with zero attached hydrogens (tertiary/aromatic N) is 4. The fourth-order valence-electron chi connectivity index (χ4n) is 6.45. The van der Waals surface area contributed by atoms with Crippen molar-refractivity contribution in [3.63, 3.8) is 0 Å². The topological polar surface area (TPSA) is 298 Å². The average Bonchev–Trinajstić information content (AvgIpc) is 3.28. The zero-order chi connectivity index (χ0) is 51.6. The molecule has 0 spiro atoms. The Hall–Kier alpha value is -6.63. The van der Waals surface area contributed by atoms with E-state index in [2.05, 4.69) is 31.2 Å². The number of amides is 5. The third-order valence-electron chi connectivity index (χ3n) is 9.78. The van der Waals surface area contributed by atoms with Gasteiger partial charge in [-0.05, 0) is 79.0 Å². The molecular formula is C46H65N9O14S. The van der Waals surface area contributed by atoms with Crippen molar-refractivity contribution < 1.29 is 65.6 Å². The Kier molecular flexibility index (Phi) is 20.6. The molecule has 0 aliphatic carbocycles. The van der Waals surface area contributed by atoms with Crippen molar-refractivity contribution in [1.29, 1.82) is 0 Å². The third-order valence-corrected chi connectivity index (χ3v) is 11.6. The molecule has 0 radical (unpaired) electrons. The SMILES string of the molecule is COC(=O)[C@H](CCCCNC(=O)CNC(=O)CN1CCOCCOCCOc2c(CN(C)C(=O)OC(C)(C)C)cccc2NC(=O)c2nc(cnc2N)-c2ccc(cc2)S1(=O)=O)NC(=O)OC(C)(C)C. The summed E-state index contributed by atoms with van der Waals surface area (Å²) in [5, 5.41) is 10.4. The summed E-state index contributed by atoms with van der Waals surface area (Å²) in [6, 6.07) is 9.61. The van der Waals surface area contributed by atoms with Crippen LogP contribution in [0.1, 0.15) is 76.9 Å². The molecule has 0 saturated heterocycles. The van der Waals surface area contributed by atoms with Crippen molar-refractivity contribution in [1.82, 2.24) is 35.1 Å². The van der Waals surface area contributed by atoms with Crippen LogP contribution in [0.2, 0.25) is 0 Å². The van der Waals surface area contributed by atoms with Gasteiger partial charge in [0, 0.05) is 31.3 Å². The van der Waals surface area contributed by atoms with E-state index >= 15 is 0 Å². The van der Waals surface area contributed by atoms with Gasteiger partial charge in [-0.3, -0.25) is 14.4 Å². The predicted octanol–water partition coefficient (Wildman–Crippen LogP) is 3.23. The lowest BCUT2D eigenvalue weighted by Gasteiger charge is -2.25. The van der Waals surface area contributed by atoms with E-state index in [4.69, 9.17) is 34.2 Å². The molecule has 3 aromatic rings. The van der Waals surface area contributed by atoms with Crippen LogP contribution in [0.3, 0.4) is 0 Å². The number of nitrogens with two attached hydrogens (primary N) is 1. The molecule has 23 nitrogen and oxygen atoms in total. The van der Waals surface area contributed by atoms with Crippen molar-refractivity contribution in [2.45, 2.75) is 89.5 Å². The Labute approximate surface area is 407 Å². The number of nitrogen functional groups attached to an aromatic ring is 1. The predicted molar refractivity (Wildman–Crippen MR) is 255 cm³/mol. The Bertz CT molecular complexity index is 2410. The number of rotatable bonds is 13. The van der Waals surface area contributed by atoms with Crippen LogP contribution < -0.4 is 31.7 Å². The van der Waals surface area contributed by atoms with E-state index in [1.54, 1.807) is 66.8 Å². The molecule has 1 atom stereocenters. The number of esters is 1. The number of benzene rings is 2. The second-order valence-corrected chi connectivity index (χ2v) is 19.8. The van der Waals surface area contributed by atoms with Gasteiger partial charge in [-0.25, -0.2) is 32.8 Å². The monoisotopic (exact) mass is 999 g/mol. The molecule has 0 unspecified atom stereocenters. The fraction of sp³-hybridized carbons (Fsp3) is 0.522. The van der Waals surface area contributed by atoms with Gasteiger partial charge in [0.15, 0.2) is 11.5 Å². The fourth-order valence-corrected chi connectivity index (χ4v) is 7.83. The Morgan fingerprint density at radius 1 is 0.900 bits per heavy atom. The number of hydrogen-bond donors (Lipinski definition) is 5. The molecular weight excluding hydrogens is 935 g/mol. The van der Waals surface area contributed by atoms with Crippen molar-refractivity contribution in [3.05, 3.63) is 59.9 Å². The molecule has 2 aliphatic rings. The molecule has 3 heterocycles. The molecule has 2 aliphatic heterocycles. The van der Waals surface area contributed by atoms with Gasteiger partial charge in [0.05, 0.1) is 75.6 Å². The first-order valence-electron chi connectivity index (χ1n) is 22.5. The van der Waals surface area contributed by atoms with Crippen LogP contribution >= 0.6 is 0 Å². The molecule has 6 N–H and O–H groups in total. The summed E-state index contributed by atoms with van der Waals surface area (Å²) in [6.45, 7) is 9.30. The summed E-state index contributed by atoms with van der Waals surface area (Å²) in [6.07, 6.45) is 1.03. The molecule has 4 bridgehead atoms. The second-order valence-electron chi connectivity index (χ2n) is 17.9. The van der Waals surface area contributed by atoms with Gasteiger partial charge in [0.25, 0.3) is 5.91 Å². The van der Waals surface area contributed by atoms with Crippen molar-refractivity contribution in [2.75, 3.05) is 84.4 Å². The lowest BCUT2D eigenvalue weighted by molar-refractivity contribution is -0.143. The van der Waals surface area contributed by atoms with Crippen molar-refractivity contribution in [2.24, 2.45) is 0 Å². The van der Waals surface area contributed by atoms with Gasteiger partial charge in [-0.1, -0.05) is 24.3 Å². The molecule has 1 aromatic heterocycles. The maximum absolute atomic E-state index is 14.0. The Morgan fingerprint density at radius 3 is 2.24 bits per heavy atom. The smallest absolute Gasteiger partial charge is 0.410 e. The quantitative estimate of drug-likeness (QED) is 0.0711. The molecule has 2 aromatic carbocycles. The molecule has 24 heteroatoms. The number of carbonyl (C=O) groups is 6. The molecule has 384 valence electrons. The van der Waals surface area contributed by atoms with Crippen LogP contribution in [-0.2, 0) is 54.6 Å². The number of nitrogens with one attached hydrogen (secondary N) is 4. The van der Waals surface area contributed by atoms with Crippen molar-refractivity contribution in [3.8, 4) is 17.0 Å². The second kappa shape index (κ2) is 25.8. The minimum absolute atomic E-state index is 0.00871. The number of anilines is 2. The molecule has 0 saturated carbocycles. The largest absolute Gasteiger partial charge is 0.489 e. The molecule has 5 rings (SSSR count). The van der Waals surface area contributed by atoms with E-state index in [1.807, 2.05) is 0 Å². The number of carbonyl (C=O) groups excluding carboxylic acids is 6. The van der Waals surface area contributed by atoms with Gasteiger partial charge in [-0.15, -0.1) is 0 Å². The summed E-state index contributed by atoms with van der Waals surface area (Å²) < 4.78 is 62.0. The number of para-hydroxylation sites is 1. The summed E-state index contributed by atoms with van der Waals surface area (Å²) in [7, 11) is -1.57. The number of alkyl carbamates (subject to hydrolysis) is 1. The van der Waals surface area contributed by atoms with Crippen LogP contribution in [0.15, 0.2) is 53.6 Å². The van der Waals surface area contributed by atoms with Crippen LogP contribution in [0, 0.1) is 0 Å². The van der Waals surface area contributed by atoms with Crippen LogP contribution in [0.5, 0.6) is 5.75 Å². The minimum Gasteiger partial charge on any atom is -0.489 e. The average molecular weight is 1000 g/mol. The highest BCUT2D eigenvalue weighted by Gasteiger charge is 2.29. The third kappa shape index (κ3) is 18.0. The number of aromatic nitrogens is 2. The van der Waals surface area contributed by atoms with E-state index < -0.39 is 76.2 Å². The lowest BCUT2D eigenvalue weighted by Crippen LogP contribution is -2.45. The van der Waals surface area contributed by atoms with E-state index in [-0.39, 0.29) is 92.6 Å². The number of unbranched alkanes of at least 4 members (excludes halogenated alkanes) is 1. The first-order valence-corrected chi connectivity index (χ1v) is 23.9. The summed E-state index contributed by atoms with van der Waals surface area (Å²) in [5.74, 6) is -2.62. The standard InChI is InChI=1S/C46H65N9O14S/c1-45(2,3)68-43(60)53-34(42(59)64-8)13-9-10-19-48-36(56)27-49-37(57)29-55-20-21-65-22-23-66-24-25-67-39-31(28-54(7)44(61)69-46(4,5)6)12-11-14-33(39)52-41(58)38-40(47)50-26-35(51-38)30-15-17-32(18-16-30)70(55,62)63/h11-12,14-18,26,34H,9-10,13,19-25,27-29H2,1-8H3,(H2,47,50)(H,48,56)(H,49,57)(H,52,58)(H,53,60)/t34-/m0/s1. The van der Waals surface area contributed by atoms with Crippen LogP contribution in [0.25, 0.3) is 11.3 Å². The number of sulfonamides is 1. The van der Waals surface area contributed by atoms with E-state index in [0.717, 1.165) is 4.31 Å². The van der Waals surface area contributed by atoms with E-state index in [1.165, 1.54) is 42.5 Å². The lowest BCUT2D eigenvalue weighted by atomic mass is 10.1. The van der Waals surface area contributed by atoms with E-state index in [0.29, 0.717) is 24.0 Å². The first-order chi connectivity index (χ1) is 33.0. The van der Waals surface area contributed by atoms with Crippen molar-refractivity contribution >= 4 is 57.4 Å². The number of ether oxygens (including phenoxy) is 6. The van der Waals surface area contributed by atoms with Crippen LogP contribution in [0.4, 0.5) is 21.1 Å². The molecule has 5 amide bonds. The maximum atomic E-state index is 14.0. The van der Waals surface area contributed by atoms with Gasteiger partial charge < -0.3 is 60.3 Å². The maximum Gasteiger partial charge on any atom is 0.410 e. The minimum atomic E-state index is -4.34. The van der Waals surface area contributed by atoms with Gasteiger partial charge >= 0.3 is 18.2 Å². The highest BCUT2D eigenvalue weighted by atomic mass is 32.2. The van der Waals surface area contributed by atoms with E-state index in [9.17, 15) is 37.2 Å². The highest BCUT2D eigenvalue weighted by Crippen LogP contribution is 2.32. The normalized spacial score (nSPS) is 15.2. The summed E-state index contributed by atoms with van der Waals surface area (Å²) >= 11 is 0. The zero-order valence-corrected chi connectivity index (χ0v) is 41.7. The zero-order valence-electron chi connectivity index (χ0n) is 40.9. The number of hydrogen-bond acceptors (Lipinski definition) is 17. The van der Waals surface area contributed by atoms with Gasteiger partial charge in [-0.2, -0.15) is 4.31 Å². The van der Waals surface area contributed by atoms with Crippen LogP contribution in [-0.4, -0.2) is 154 Å². The number of fused-ring (bicyclic) bond motifs is 13. The van der Waals surface area contributed by atoms with Gasteiger partial charge in [0.1, 0.15) is 29.6 Å². The summed E-state index contributed by atoms with van der Waals surface area (Å²) in [5.41, 5.74) is 5.78. The highest BCUT2D eigenvalue weighted by molar-refractivity contribution is 7.89. The van der Waals surface area contributed by atoms with Gasteiger partial charge in [0.2, 0.25) is 21.8 Å². The Morgan fingerprint density at radius 2 is 1.57 bits per heavy atom. The molecule has 70 heavy (non-hydrogen) atoms. The Balaban J connectivity index is 1.44.